The number of unbranched alkanes of at least 4 members (excludes halogenated alkanes) is 3. The summed E-state index contributed by atoms with van der Waals surface area (Å²) in [6.45, 7) is -1.93. The second-order valence-corrected chi connectivity index (χ2v) is 16.9. The number of tetrazole rings is 1. The Kier molecular flexibility index (Phi) is 25.0. The Morgan fingerprint density at radius 3 is 1.82 bits per heavy atom. The van der Waals surface area contributed by atoms with Crippen LogP contribution in [-0.4, -0.2) is 181 Å². The Morgan fingerprint density at radius 2 is 1.23 bits per heavy atom. The van der Waals surface area contributed by atoms with Crippen molar-refractivity contribution >= 4 is 34.3 Å². The summed E-state index contributed by atoms with van der Waals surface area (Å²) in [4.78, 5) is 69.1. The minimum absolute atomic E-state index is 0.0254. The molecule has 5 aromatic rings. The lowest BCUT2D eigenvalue weighted by atomic mass is 10.2. The first-order valence-corrected chi connectivity index (χ1v) is 24.3. The van der Waals surface area contributed by atoms with Crippen LogP contribution in [0, 0.1) is 6.92 Å². The second-order valence-electron chi connectivity index (χ2n) is 15.1. The summed E-state index contributed by atoms with van der Waals surface area (Å²) in [5.74, 6) is -1.97. The molecular weight excluding hydrogens is 1070 g/mol. The monoisotopic (exact) mass is 1130 g/mol. The van der Waals surface area contributed by atoms with Crippen LogP contribution in [0.5, 0.6) is 23.1 Å². The van der Waals surface area contributed by atoms with Gasteiger partial charge in [-0.05, 0) is 91.8 Å². The molecule has 426 valence electrons. The van der Waals surface area contributed by atoms with Crippen molar-refractivity contribution < 1.29 is 111 Å². The highest BCUT2D eigenvalue weighted by atomic mass is 32.2. The number of hydrogen-bond acceptors (Lipinski definition) is 33. The van der Waals surface area contributed by atoms with E-state index in [0.29, 0.717) is 16.3 Å². The van der Waals surface area contributed by atoms with Crippen LogP contribution in [0.1, 0.15) is 44.1 Å². The Morgan fingerprint density at radius 1 is 0.654 bits per heavy atom. The number of benzene rings is 1. The fraction of sp³-hybridized carbons (Fsp3) is 0.429. The average molecular weight is 1130 g/mol. The first-order chi connectivity index (χ1) is 37.5. The van der Waals surface area contributed by atoms with Crippen LogP contribution in [0.15, 0.2) is 66.0 Å². The van der Waals surface area contributed by atoms with Crippen LogP contribution in [0.2, 0.25) is 0 Å². The summed E-state index contributed by atoms with van der Waals surface area (Å²) < 4.78 is 80.3. The average Bonchev–Trinajstić information content (AvgIpc) is 3.95. The minimum atomic E-state index is -4.96. The summed E-state index contributed by atoms with van der Waals surface area (Å²) >= 11 is 0. The molecule has 4 heterocycles. The predicted octanol–water partition coefficient (Wildman–Crippen LogP) is 4.02. The van der Waals surface area contributed by atoms with E-state index in [1.807, 2.05) is 0 Å². The van der Waals surface area contributed by atoms with Crippen LogP contribution in [0.3, 0.4) is 0 Å². The number of sulfonamides is 1. The molecule has 4 aromatic heterocycles. The third-order valence-electron chi connectivity index (χ3n) is 9.59. The molecule has 0 aliphatic carbocycles. The molecule has 0 fully saturated rings. The highest BCUT2D eigenvalue weighted by Gasteiger charge is 2.35. The highest BCUT2D eigenvalue weighted by Crippen LogP contribution is 2.44. The van der Waals surface area contributed by atoms with Gasteiger partial charge in [-0.1, -0.05) is 18.2 Å². The van der Waals surface area contributed by atoms with Crippen molar-refractivity contribution in [2.45, 2.75) is 57.2 Å². The SMILES string of the molecule is COc1ccccc1Oc1c(OCCOC(=O)OCCCCON(O)O)nc(-c2ccnc(-c3nnnn3COC(=O)OCCCCON(O)O)c2)nc1N(COC(=O)OCCCCON(O)O)S(=O)(=O)c1ccc(C)cn1. The fourth-order valence-electron chi connectivity index (χ4n) is 5.98. The summed E-state index contributed by atoms with van der Waals surface area (Å²) in [5, 5.41) is 61.7. The van der Waals surface area contributed by atoms with Crippen LogP contribution in [0.25, 0.3) is 22.9 Å². The molecule has 0 spiro atoms. The second kappa shape index (κ2) is 32.0. The van der Waals surface area contributed by atoms with Gasteiger partial charge in [0.25, 0.3) is 15.9 Å². The van der Waals surface area contributed by atoms with Crippen molar-refractivity contribution in [1.82, 2.24) is 56.3 Å². The lowest BCUT2D eigenvalue weighted by Gasteiger charge is -2.26. The van der Waals surface area contributed by atoms with Crippen molar-refractivity contribution in [2.75, 3.05) is 71.0 Å². The number of methoxy groups -OCH3 is 1. The van der Waals surface area contributed by atoms with Crippen LogP contribution >= 0.6 is 0 Å². The zero-order chi connectivity index (χ0) is 56.3. The van der Waals surface area contributed by atoms with E-state index >= 15 is 0 Å². The quantitative estimate of drug-likeness (QED) is 0.0111. The Hall–Kier alpha value is -7.85. The molecule has 36 heteroatoms. The van der Waals surface area contributed by atoms with E-state index in [1.165, 1.54) is 55.9 Å². The minimum Gasteiger partial charge on any atom is -0.493 e. The van der Waals surface area contributed by atoms with Gasteiger partial charge in [0.1, 0.15) is 18.9 Å². The molecule has 0 amide bonds. The molecule has 0 bridgehead atoms. The zero-order valence-corrected chi connectivity index (χ0v) is 42.3. The number of aromatic nitrogens is 8. The van der Waals surface area contributed by atoms with Gasteiger partial charge in [0.15, 0.2) is 41.6 Å². The molecule has 5 rings (SSSR count). The number of ether oxygens (including phenoxy) is 9. The fourth-order valence-corrected chi connectivity index (χ4v) is 7.17. The van der Waals surface area contributed by atoms with E-state index in [1.54, 1.807) is 19.1 Å². The molecule has 0 aliphatic rings. The molecule has 0 saturated heterocycles. The maximum Gasteiger partial charge on any atom is 0.510 e. The lowest BCUT2D eigenvalue weighted by Crippen LogP contribution is -2.36. The van der Waals surface area contributed by atoms with Crippen LogP contribution < -0.4 is 18.5 Å². The third kappa shape index (κ3) is 20.3. The van der Waals surface area contributed by atoms with E-state index in [-0.39, 0.29) is 106 Å². The zero-order valence-electron chi connectivity index (χ0n) is 41.5. The largest absolute Gasteiger partial charge is 0.510 e. The van der Waals surface area contributed by atoms with Gasteiger partial charge in [0.2, 0.25) is 11.6 Å². The van der Waals surface area contributed by atoms with Gasteiger partial charge >= 0.3 is 18.5 Å². The number of carbonyl (C=O) groups excluding carboxylic acids is 3. The number of carbonyl (C=O) groups is 3. The van der Waals surface area contributed by atoms with E-state index in [0.717, 1.165) is 4.68 Å². The molecular formula is C42H54N12O23S. The molecule has 0 unspecified atom stereocenters. The molecule has 0 atom stereocenters. The van der Waals surface area contributed by atoms with Crippen molar-refractivity contribution in [3.63, 3.8) is 0 Å². The number of anilines is 1. The predicted molar refractivity (Wildman–Crippen MR) is 248 cm³/mol. The number of aryl methyl sites for hydroxylation is 1. The Bertz CT molecular complexity index is 2760. The lowest BCUT2D eigenvalue weighted by molar-refractivity contribution is -0.492. The van der Waals surface area contributed by atoms with Crippen molar-refractivity contribution in [1.29, 1.82) is 0 Å². The molecule has 0 radical (unpaired) electrons. The van der Waals surface area contributed by atoms with Gasteiger partial charge in [-0.25, -0.2) is 28.7 Å². The first-order valence-electron chi connectivity index (χ1n) is 22.9. The van der Waals surface area contributed by atoms with Crippen LogP contribution in [-0.2, 0) is 59.7 Å². The first kappa shape index (κ1) is 61.0. The molecule has 1 aromatic carbocycles. The van der Waals surface area contributed by atoms with E-state index in [2.05, 4.69) is 50.0 Å². The number of pyridine rings is 2. The summed E-state index contributed by atoms with van der Waals surface area (Å²) in [5.41, 5.74) is 0.688. The van der Waals surface area contributed by atoms with Crippen molar-refractivity contribution in [3.8, 4) is 46.0 Å². The molecule has 78 heavy (non-hydrogen) atoms. The molecule has 6 N–H and O–H groups in total. The maximum atomic E-state index is 14.9. The van der Waals surface area contributed by atoms with Gasteiger partial charge in [-0.15, -0.1) is 5.10 Å². The molecule has 0 aliphatic heterocycles. The van der Waals surface area contributed by atoms with Gasteiger partial charge in [-0.3, -0.25) is 50.7 Å². The third-order valence-corrected chi connectivity index (χ3v) is 11.2. The number of hydrogen-bond donors (Lipinski definition) is 6. The smallest absolute Gasteiger partial charge is 0.493 e. The summed E-state index contributed by atoms with van der Waals surface area (Å²) in [6.07, 6.45) is 0.431. The summed E-state index contributed by atoms with van der Waals surface area (Å²) in [7, 11) is -3.62. The number of para-hydroxylation sites is 2. The van der Waals surface area contributed by atoms with Gasteiger partial charge < -0.3 is 42.6 Å². The van der Waals surface area contributed by atoms with Gasteiger partial charge in [0.05, 0.1) is 62.9 Å². The Labute approximate surface area is 441 Å². The number of rotatable bonds is 34. The van der Waals surface area contributed by atoms with Crippen molar-refractivity contribution in [3.05, 3.63) is 66.5 Å². The highest BCUT2D eigenvalue weighted by molar-refractivity contribution is 7.92. The molecule has 0 saturated carbocycles. The Balaban J connectivity index is 1.55. The van der Waals surface area contributed by atoms with Gasteiger partial charge in [0, 0.05) is 18.0 Å². The van der Waals surface area contributed by atoms with E-state index in [9.17, 15) is 22.8 Å². The normalized spacial score (nSPS) is 11.4. The van der Waals surface area contributed by atoms with Crippen molar-refractivity contribution in [2.24, 2.45) is 0 Å². The van der Waals surface area contributed by atoms with Crippen LogP contribution in [0.4, 0.5) is 20.2 Å². The van der Waals surface area contributed by atoms with E-state index in [4.69, 9.17) is 73.9 Å². The molecule has 35 nitrogen and oxygen atoms in total. The topological polar surface area (TPSA) is 426 Å². The number of nitrogens with zero attached hydrogens (tertiary/aromatic N) is 12. The van der Waals surface area contributed by atoms with E-state index < -0.39 is 93.8 Å². The van der Waals surface area contributed by atoms with Gasteiger partial charge in [-0.2, -0.15) is 18.1 Å². The summed E-state index contributed by atoms with van der Waals surface area (Å²) in [6, 6.07) is 11.6. The maximum absolute atomic E-state index is 14.9. The standard InChI is InChI=1S/C42H54N12O23S/c1-29-13-14-34(44-26-29)78(64,65)51(28-73-42(57)70-19-7-10-22-76-54(62)63)38-35(77-33-12-4-3-11-32(33)66-2)39(67-23-24-71-40(55)68-17-5-8-20-74-52(58)59)46-36(45-38)30-15-16-43-31(25-30)37-47-48-49-50(37)27-72-41(56)69-18-6-9-21-75-53(60)61/h3-4,11-16,25-26,58-63H,5-10,17-24,27-28H2,1-2H3.